The minimum atomic E-state index is 0.613. The molecule has 160 valence electrons. The quantitative estimate of drug-likeness (QED) is 0.576. The minimum absolute atomic E-state index is 0.613. The van der Waals surface area contributed by atoms with E-state index in [9.17, 15) is 0 Å². The van der Waals surface area contributed by atoms with Crippen LogP contribution in [0.2, 0.25) is 0 Å². The number of hydrogen-bond donors (Lipinski definition) is 1. The molecule has 0 saturated carbocycles. The summed E-state index contributed by atoms with van der Waals surface area (Å²) in [5.41, 5.74) is 1.25. The molecule has 3 saturated heterocycles. The number of piperazine rings is 1. The largest absolute Gasteiger partial charge is 0.379 e. The third-order valence-corrected chi connectivity index (χ3v) is 6.32. The lowest BCUT2D eigenvalue weighted by Crippen LogP contribution is -2.46. The Labute approximate surface area is 174 Å². The molecule has 1 N–H and O–H groups in total. The van der Waals surface area contributed by atoms with E-state index in [1.54, 1.807) is 0 Å². The van der Waals surface area contributed by atoms with Gasteiger partial charge in [0.2, 0.25) is 0 Å². The highest BCUT2D eigenvalue weighted by Crippen LogP contribution is 2.18. The second kappa shape index (κ2) is 9.73. The second-order valence-corrected chi connectivity index (χ2v) is 8.25. The van der Waals surface area contributed by atoms with Crippen molar-refractivity contribution in [2.45, 2.75) is 19.0 Å². The lowest BCUT2D eigenvalue weighted by atomic mass is 10.2. The zero-order valence-corrected chi connectivity index (χ0v) is 17.9. The van der Waals surface area contributed by atoms with Crippen molar-refractivity contribution in [2.24, 2.45) is 4.99 Å². The summed E-state index contributed by atoms with van der Waals surface area (Å²) < 4.78 is 5.50. The number of nitrogens with one attached hydrogen (secondary N) is 1. The van der Waals surface area contributed by atoms with Gasteiger partial charge in [0.25, 0.3) is 0 Å². The zero-order valence-electron chi connectivity index (χ0n) is 17.9. The van der Waals surface area contributed by atoms with Gasteiger partial charge in [0.05, 0.1) is 13.2 Å². The van der Waals surface area contributed by atoms with Crippen LogP contribution in [0.1, 0.15) is 12.0 Å². The lowest BCUT2D eigenvalue weighted by Gasteiger charge is -2.33. The molecule has 0 amide bonds. The first kappa shape index (κ1) is 20.4. The van der Waals surface area contributed by atoms with E-state index in [4.69, 9.17) is 4.74 Å². The SMILES string of the molecule is CN=C(NCc1ccnc(N2CCN(C)CC2)c1)N1CCC(N2CCOCC2)C1. The smallest absolute Gasteiger partial charge is 0.193 e. The van der Waals surface area contributed by atoms with E-state index in [0.29, 0.717) is 6.04 Å². The van der Waals surface area contributed by atoms with Crippen molar-refractivity contribution in [3.05, 3.63) is 23.9 Å². The van der Waals surface area contributed by atoms with E-state index in [0.717, 1.165) is 83.9 Å². The average molecular weight is 402 g/mol. The van der Waals surface area contributed by atoms with Crippen LogP contribution in [0.3, 0.4) is 0 Å². The van der Waals surface area contributed by atoms with Gasteiger partial charge < -0.3 is 24.8 Å². The molecule has 0 spiro atoms. The number of anilines is 1. The van der Waals surface area contributed by atoms with Crippen LogP contribution >= 0.6 is 0 Å². The predicted octanol–water partition coefficient (Wildman–Crippen LogP) is 0.315. The Bertz CT molecular complexity index is 683. The molecular formula is C21H35N7O. The maximum atomic E-state index is 5.50. The molecule has 1 aromatic rings. The number of nitrogens with zero attached hydrogens (tertiary/aromatic N) is 6. The molecule has 29 heavy (non-hydrogen) atoms. The lowest BCUT2D eigenvalue weighted by molar-refractivity contribution is 0.0195. The van der Waals surface area contributed by atoms with Crippen molar-refractivity contribution < 1.29 is 4.74 Å². The van der Waals surface area contributed by atoms with Gasteiger partial charge in [-0.2, -0.15) is 0 Å². The summed E-state index contributed by atoms with van der Waals surface area (Å²) in [5.74, 6) is 2.08. The number of morpholine rings is 1. The Morgan fingerprint density at radius 1 is 1.17 bits per heavy atom. The molecule has 0 aromatic carbocycles. The Balaban J connectivity index is 1.30. The van der Waals surface area contributed by atoms with Crippen LogP contribution in [0, 0.1) is 0 Å². The highest BCUT2D eigenvalue weighted by molar-refractivity contribution is 5.80. The first-order chi connectivity index (χ1) is 14.2. The summed E-state index contributed by atoms with van der Waals surface area (Å²) >= 11 is 0. The number of aromatic nitrogens is 1. The minimum Gasteiger partial charge on any atom is -0.379 e. The van der Waals surface area contributed by atoms with Crippen molar-refractivity contribution in [1.29, 1.82) is 0 Å². The standard InChI is InChI=1S/C21H35N7O/c1-22-21(28-6-4-19(17-28)26-11-13-29-14-12-26)24-16-18-3-5-23-20(15-18)27-9-7-25(2)8-10-27/h3,5,15,19H,4,6-14,16-17H2,1-2H3,(H,22,24). The molecule has 3 fully saturated rings. The van der Waals surface area contributed by atoms with Crippen LogP contribution < -0.4 is 10.2 Å². The number of ether oxygens (including phenoxy) is 1. The molecule has 1 unspecified atom stereocenters. The molecule has 0 aliphatic carbocycles. The number of hydrogen-bond acceptors (Lipinski definition) is 6. The number of rotatable bonds is 4. The van der Waals surface area contributed by atoms with Gasteiger partial charge in [0.1, 0.15) is 5.82 Å². The van der Waals surface area contributed by atoms with Gasteiger partial charge in [-0.25, -0.2) is 4.98 Å². The molecule has 1 atom stereocenters. The van der Waals surface area contributed by atoms with E-state index in [1.165, 1.54) is 12.0 Å². The number of likely N-dealkylation sites (N-methyl/N-ethyl adjacent to an activating group) is 1. The van der Waals surface area contributed by atoms with Gasteiger partial charge >= 0.3 is 0 Å². The average Bonchev–Trinajstić information content (AvgIpc) is 3.26. The normalized spacial score (nSPS) is 24.9. The van der Waals surface area contributed by atoms with E-state index < -0.39 is 0 Å². The maximum absolute atomic E-state index is 5.50. The van der Waals surface area contributed by atoms with Crippen molar-refractivity contribution >= 4 is 11.8 Å². The fourth-order valence-electron chi connectivity index (χ4n) is 4.47. The van der Waals surface area contributed by atoms with Crippen molar-refractivity contribution in [2.75, 3.05) is 84.6 Å². The maximum Gasteiger partial charge on any atom is 0.193 e. The van der Waals surface area contributed by atoms with Crippen LogP contribution in [0.4, 0.5) is 5.82 Å². The van der Waals surface area contributed by atoms with Gasteiger partial charge in [-0.05, 0) is 31.2 Å². The summed E-state index contributed by atoms with van der Waals surface area (Å²) in [6.07, 6.45) is 3.13. The van der Waals surface area contributed by atoms with Crippen molar-refractivity contribution in [1.82, 2.24) is 25.0 Å². The summed E-state index contributed by atoms with van der Waals surface area (Å²) in [5, 5.41) is 3.57. The first-order valence-electron chi connectivity index (χ1n) is 10.9. The predicted molar refractivity (Wildman–Crippen MR) is 117 cm³/mol. The topological polar surface area (TPSA) is 59.5 Å². The first-order valence-corrected chi connectivity index (χ1v) is 10.9. The fourth-order valence-corrected chi connectivity index (χ4v) is 4.47. The van der Waals surface area contributed by atoms with Crippen LogP contribution in [0.15, 0.2) is 23.3 Å². The van der Waals surface area contributed by atoms with E-state index in [2.05, 4.69) is 54.1 Å². The van der Waals surface area contributed by atoms with Crippen molar-refractivity contribution in [3.8, 4) is 0 Å². The van der Waals surface area contributed by atoms with Gasteiger partial charge in [-0.15, -0.1) is 0 Å². The third kappa shape index (κ3) is 5.18. The van der Waals surface area contributed by atoms with E-state index in [1.807, 2.05) is 13.2 Å². The van der Waals surface area contributed by atoms with Gasteiger partial charge in [0, 0.05) is 78.2 Å². The molecule has 8 heteroatoms. The van der Waals surface area contributed by atoms with E-state index in [-0.39, 0.29) is 0 Å². The Morgan fingerprint density at radius 2 is 1.97 bits per heavy atom. The summed E-state index contributed by atoms with van der Waals surface area (Å²) in [4.78, 5) is 18.9. The molecule has 0 radical (unpaired) electrons. The summed E-state index contributed by atoms with van der Waals surface area (Å²) in [7, 11) is 4.06. The number of aliphatic imine (C=N–C) groups is 1. The van der Waals surface area contributed by atoms with Crippen LogP contribution in [-0.4, -0.2) is 111 Å². The number of guanidine groups is 1. The summed E-state index contributed by atoms with van der Waals surface area (Å²) in [6.45, 7) is 11.0. The number of pyridine rings is 1. The Morgan fingerprint density at radius 3 is 2.72 bits per heavy atom. The van der Waals surface area contributed by atoms with Gasteiger partial charge in [-0.1, -0.05) is 0 Å². The molecule has 4 rings (SSSR count). The van der Waals surface area contributed by atoms with Crippen molar-refractivity contribution in [3.63, 3.8) is 0 Å². The number of likely N-dealkylation sites (tertiary alicyclic amines) is 1. The Hall–Kier alpha value is -1.90. The fraction of sp³-hybridized carbons (Fsp3) is 0.714. The van der Waals surface area contributed by atoms with Crippen LogP contribution in [-0.2, 0) is 11.3 Å². The zero-order chi connectivity index (χ0) is 20.1. The molecule has 3 aliphatic rings. The highest BCUT2D eigenvalue weighted by atomic mass is 16.5. The second-order valence-electron chi connectivity index (χ2n) is 8.25. The van der Waals surface area contributed by atoms with E-state index >= 15 is 0 Å². The molecule has 4 heterocycles. The molecule has 3 aliphatic heterocycles. The molecular weight excluding hydrogens is 366 g/mol. The highest BCUT2D eigenvalue weighted by Gasteiger charge is 2.30. The molecule has 0 bridgehead atoms. The third-order valence-electron chi connectivity index (χ3n) is 6.32. The van der Waals surface area contributed by atoms with Gasteiger partial charge in [0.15, 0.2) is 5.96 Å². The van der Waals surface area contributed by atoms with Crippen LogP contribution in [0.25, 0.3) is 0 Å². The monoisotopic (exact) mass is 401 g/mol. The Kier molecular flexibility index (Phi) is 6.84. The molecule has 1 aromatic heterocycles. The summed E-state index contributed by atoms with van der Waals surface area (Å²) in [6, 6.07) is 4.93. The van der Waals surface area contributed by atoms with Gasteiger partial charge in [-0.3, -0.25) is 9.89 Å². The molecule has 8 nitrogen and oxygen atoms in total. The van der Waals surface area contributed by atoms with Crippen LogP contribution in [0.5, 0.6) is 0 Å².